The van der Waals surface area contributed by atoms with Crippen LogP contribution in [0, 0.1) is 5.82 Å². The predicted molar refractivity (Wildman–Crippen MR) is 82.6 cm³/mol. The van der Waals surface area contributed by atoms with Gasteiger partial charge in [0.15, 0.2) is 0 Å². The summed E-state index contributed by atoms with van der Waals surface area (Å²) < 4.78 is 13.6. The summed E-state index contributed by atoms with van der Waals surface area (Å²) in [6, 6.07) is 8.95. The van der Waals surface area contributed by atoms with E-state index in [1.807, 2.05) is 17.0 Å². The van der Waals surface area contributed by atoms with Gasteiger partial charge in [0, 0.05) is 44.0 Å². The number of carbonyl (C=O) groups excluding carboxylic acids is 1. The fourth-order valence-corrected chi connectivity index (χ4v) is 3.85. The van der Waals surface area contributed by atoms with Gasteiger partial charge in [-0.3, -0.25) is 4.79 Å². The number of anilines is 1. The standard InChI is InChI=1S/C17H18FN3O/c1-20-15-5-4-11(18)9-12(15)13-10-21(8-6-16(13)20)17(22)14-3-2-7-19-14/h2-5,7,9,13,16,19H,6,8,10H2,1H3/t13-,16-/m1/s1. The fraction of sp³-hybridized carbons (Fsp3) is 0.353. The topological polar surface area (TPSA) is 39.3 Å². The highest BCUT2D eigenvalue weighted by Crippen LogP contribution is 2.44. The van der Waals surface area contributed by atoms with Crippen LogP contribution in [0.1, 0.15) is 28.4 Å². The molecular weight excluding hydrogens is 281 g/mol. The zero-order valence-corrected chi connectivity index (χ0v) is 12.4. The molecule has 0 bridgehead atoms. The van der Waals surface area contributed by atoms with Gasteiger partial charge in [-0.2, -0.15) is 0 Å². The van der Waals surface area contributed by atoms with Gasteiger partial charge < -0.3 is 14.8 Å². The lowest BCUT2D eigenvalue weighted by Crippen LogP contribution is -2.47. The predicted octanol–water partition coefficient (Wildman–Crippen LogP) is 2.60. The molecule has 1 aromatic carbocycles. The van der Waals surface area contributed by atoms with Crippen LogP contribution < -0.4 is 4.90 Å². The molecule has 2 aliphatic heterocycles. The Morgan fingerprint density at radius 2 is 2.23 bits per heavy atom. The van der Waals surface area contributed by atoms with Gasteiger partial charge in [0.25, 0.3) is 5.91 Å². The summed E-state index contributed by atoms with van der Waals surface area (Å²) >= 11 is 0. The molecule has 0 radical (unpaired) electrons. The van der Waals surface area contributed by atoms with Crippen LogP contribution in [-0.4, -0.2) is 42.0 Å². The van der Waals surface area contributed by atoms with Gasteiger partial charge in [0.1, 0.15) is 11.5 Å². The maximum Gasteiger partial charge on any atom is 0.270 e. The number of nitrogens with one attached hydrogen (secondary N) is 1. The molecule has 5 heteroatoms. The molecule has 0 saturated carbocycles. The smallest absolute Gasteiger partial charge is 0.270 e. The van der Waals surface area contributed by atoms with Crippen LogP contribution in [0.3, 0.4) is 0 Å². The molecule has 3 heterocycles. The zero-order valence-electron chi connectivity index (χ0n) is 12.4. The van der Waals surface area contributed by atoms with Gasteiger partial charge in [-0.1, -0.05) is 0 Å². The third kappa shape index (κ3) is 1.92. The van der Waals surface area contributed by atoms with E-state index >= 15 is 0 Å². The van der Waals surface area contributed by atoms with Gasteiger partial charge in [0.2, 0.25) is 0 Å². The second-order valence-electron chi connectivity index (χ2n) is 6.11. The number of hydrogen-bond acceptors (Lipinski definition) is 2. The number of aromatic amines is 1. The first kappa shape index (κ1) is 13.4. The fourth-order valence-electron chi connectivity index (χ4n) is 3.85. The Morgan fingerprint density at radius 1 is 1.36 bits per heavy atom. The van der Waals surface area contributed by atoms with E-state index in [0.717, 1.165) is 24.2 Å². The Bertz CT molecular complexity index is 713. The van der Waals surface area contributed by atoms with Crippen LogP contribution in [0.2, 0.25) is 0 Å². The first-order chi connectivity index (χ1) is 10.6. The number of likely N-dealkylation sites (tertiary alicyclic amines) is 1. The second-order valence-corrected chi connectivity index (χ2v) is 6.11. The van der Waals surface area contributed by atoms with Gasteiger partial charge in [-0.05, 0) is 42.3 Å². The number of hydrogen-bond donors (Lipinski definition) is 1. The minimum Gasteiger partial charge on any atom is -0.371 e. The molecule has 2 aromatic rings. The first-order valence-electron chi connectivity index (χ1n) is 7.60. The number of fused-ring (bicyclic) bond motifs is 3. The summed E-state index contributed by atoms with van der Waals surface area (Å²) in [6.45, 7) is 1.38. The van der Waals surface area contributed by atoms with Crippen LogP contribution in [0.15, 0.2) is 36.5 Å². The number of H-pyrrole nitrogens is 1. The van der Waals surface area contributed by atoms with Crippen LogP contribution in [0.25, 0.3) is 0 Å². The normalized spacial score (nSPS) is 23.4. The third-order valence-electron chi connectivity index (χ3n) is 4.96. The SMILES string of the molecule is CN1c2ccc(F)cc2[C@H]2CN(C(=O)c3ccc[nH]3)CC[C@H]21. The molecule has 0 unspecified atom stereocenters. The molecule has 22 heavy (non-hydrogen) atoms. The van der Waals surface area contributed by atoms with Crippen LogP contribution in [0.5, 0.6) is 0 Å². The van der Waals surface area contributed by atoms with Crippen molar-refractivity contribution in [3.05, 3.63) is 53.6 Å². The van der Waals surface area contributed by atoms with Crippen molar-refractivity contribution in [1.29, 1.82) is 0 Å². The molecule has 1 N–H and O–H groups in total. The molecule has 0 aliphatic carbocycles. The minimum absolute atomic E-state index is 0.0240. The molecule has 2 atom stereocenters. The van der Waals surface area contributed by atoms with Gasteiger partial charge in [-0.15, -0.1) is 0 Å². The summed E-state index contributed by atoms with van der Waals surface area (Å²) in [5, 5.41) is 0. The van der Waals surface area contributed by atoms with Crippen LogP contribution in [0.4, 0.5) is 10.1 Å². The molecule has 1 saturated heterocycles. The maximum absolute atomic E-state index is 13.6. The van der Waals surface area contributed by atoms with E-state index in [0.29, 0.717) is 18.3 Å². The quantitative estimate of drug-likeness (QED) is 0.879. The lowest BCUT2D eigenvalue weighted by Gasteiger charge is -2.37. The lowest BCUT2D eigenvalue weighted by molar-refractivity contribution is 0.0692. The van der Waals surface area contributed by atoms with E-state index in [1.165, 1.54) is 6.07 Å². The molecule has 2 aliphatic rings. The Kier molecular flexibility index (Phi) is 2.96. The number of likely N-dealkylation sites (N-methyl/N-ethyl adjacent to an activating group) is 1. The number of benzene rings is 1. The number of halogens is 1. The molecule has 114 valence electrons. The largest absolute Gasteiger partial charge is 0.371 e. The molecule has 1 amide bonds. The van der Waals surface area contributed by atoms with Crippen molar-refractivity contribution in [2.45, 2.75) is 18.4 Å². The van der Waals surface area contributed by atoms with E-state index in [4.69, 9.17) is 0 Å². The van der Waals surface area contributed by atoms with Crippen molar-refractivity contribution in [3.63, 3.8) is 0 Å². The average Bonchev–Trinajstić information content (AvgIpc) is 3.15. The van der Waals surface area contributed by atoms with Crippen molar-refractivity contribution >= 4 is 11.6 Å². The second kappa shape index (κ2) is 4.87. The number of nitrogens with zero attached hydrogens (tertiary/aromatic N) is 2. The zero-order chi connectivity index (χ0) is 15.3. The van der Waals surface area contributed by atoms with Gasteiger partial charge in [0.05, 0.1) is 0 Å². The number of piperidine rings is 1. The summed E-state index contributed by atoms with van der Waals surface area (Å²) in [7, 11) is 2.06. The highest BCUT2D eigenvalue weighted by atomic mass is 19.1. The van der Waals surface area contributed by atoms with E-state index in [2.05, 4.69) is 16.9 Å². The summed E-state index contributed by atoms with van der Waals surface area (Å²) in [5.41, 5.74) is 2.73. The highest BCUT2D eigenvalue weighted by molar-refractivity contribution is 5.92. The van der Waals surface area contributed by atoms with Crippen molar-refractivity contribution in [1.82, 2.24) is 9.88 Å². The number of rotatable bonds is 1. The summed E-state index contributed by atoms with van der Waals surface area (Å²) in [5.74, 6) is -0.0000590. The molecular formula is C17H18FN3O. The van der Waals surface area contributed by atoms with E-state index in [-0.39, 0.29) is 17.6 Å². The number of aromatic nitrogens is 1. The Hall–Kier alpha value is -2.30. The van der Waals surface area contributed by atoms with E-state index in [9.17, 15) is 9.18 Å². The highest BCUT2D eigenvalue weighted by Gasteiger charge is 2.41. The van der Waals surface area contributed by atoms with E-state index in [1.54, 1.807) is 18.3 Å². The molecule has 4 nitrogen and oxygen atoms in total. The third-order valence-corrected chi connectivity index (χ3v) is 4.96. The summed E-state index contributed by atoms with van der Waals surface area (Å²) in [4.78, 5) is 19.6. The molecule has 1 fully saturated rings. The Balaban J connectivity index is 1.63. The lowest BCUT2D eigenvalue weighted by atomic mass is 9.89. The Morgan fingerprint density at radius 3 is 3.00 bits per heavy atom. The average molecular weight is 299 g/mol. The Labute approximate surface area is 128 Å². The van der Waals surface area contributed by atoms with Crippen molar-refractivity contribution < 1.29 is 9.18 Å². The monoisotopic (exact) mass is 299 g/mol. The van der Waals surface area contributed by atoms with Crippen molar-refractivity contribution in [2.24, 2.45) is 0 Å². The molecule has 1 aromatic heterocycles. The maximum atomic E-state index is 13.6. The summed E-state index contributed by atoms with van der Waals surface area (Å²) in [6.07, 6.45) is 2.66. The molecule has 4 rings (SSSR count). The number of carbonyl (C=O) groups is 1. The van der Waals surface area contributed by atoms with Crippen LogP contribution in [-0.2, 0) is 0 Å². The molecule has 0 spiro atoms. The number of amides is 1. The van der Waals surface area contributed by atoms with Crippen molar-refractivity contribution in [3.8, 4) is 0 Å². The van der Waals surface area contributed by atoms with Crippen molar-refractivity contribution in [2.75, 3.05) is 25.0 Å². The first-order valence-corrected chi connectivity index (χ1v) is 7.60. The van der Waals surface area contributed by atoms with Gasteiger partial charge >= 0.3 is 0 Å². The van der Waals surface area contributed by atoms with E-state index < -0.39 is 0 Å². The van der Waals surface area contributed by atoms with Crippen LogP contribution >= 0.6 is 0 Å². The minimum atomic E-state index is -0.208. The van der Waals surface area contributed by atoms with Gasteiger partial charge in [-0.25, -0.2) is 4.39 Å².